The third kappa shape index (κ3) is 5.49. The van der Waals surface area contributed by atoms with Gasteiger partial charge in [0.2, 0.25) is 0 Å². The SMILES string of the molecule is CC(C)(C)c1ccc(=O)n(CCN2CCCCC2CNc2cc3c(nn2)CCOC3)n1. The van der Waals surface area contributed by atoms with Crippen LogP contribution in [0.4, 0.5) is 5.82 Å². The van der Waals surface area contributed by atoms with E-state index in [2.05, 4.69) is 52.4 Å². The molecular weight excluding hydrogens is 392 g/mol. The first-order valence-electron chi connectivity index (χ1n) is 11.4. The maximum absolute atomic E-state index is 12.3. The average molecular weight is 427 g/mol. The van der Waals surface area contributed by atoms with Gasteiger partial charge in [-0.15, -0.1) is 5.10 Å². The smallest absolute Gasteiger partial charge is 0.266 e. The molecule has 1 fully saturated rings. The number of likely N-dealkylation sites (tertiary alicyclic amines) is 1. The maximum Gasteiger partial charge on any atom is 0.266 e. The second-order valence-corrected chi connectivity index (χ2v) is 9.60. The number of aromatic nitrogens is 4. The van der Waals surface area contributed by atoms with Gasteiger partial charge in [0, 0.05) is 42.6 Å². The molecule has 2 aromatic heterocycles. The summed E-state index contributed by atoms with van der Waals surface area (Å²) in [6, 6.07) is 5.96. The van der Waals surface area contributed by atoms with E-state index in [4.69, 9.17) is 4.74 Å². The molecule has 0 radical (unpaired) electrons. The van der Waals surface area contributed by atoms with Gasteiger partial charge in [0.25, 0.3) is 5.56 Å². The zero-order chi connectivity index (χ0) is 21.8. The zero-order valence-electron chi connectivity index (χ0n) is 18.9. The summed E-state index contributed by atoms with van der Waals surface area (Å²) in [5.74, 6) is 0.811. The van der Waals surface area contributed by atoms with Crippen LogP contribution >= 0.6 is 0 Å². The molecule has 0 aliphatic carbocycles. The highest BCUT2D eigenvalue weighted by Gasteiger charge is 2.23. The first-order valence-corrected chi connectivity index (χ1v) is 11.4. The number of fused-ring (bicyclic) bond motifs is 1. The fourth-order valence-electron chi connectivity index (χ4n) is 4.27. The molecule has 8 heteroatoms. The van der Waals surface area contributed by atoms with Gasteiger partial charge in [-0.25, -0.2) is 4.68 Å². The number of anilines is 1. The van der Waals surface area contributed by atoms with Crippen LogP contribution in [0.1, 0.15) is 57.0 Å². The molecule has 1 N–H and O–H groups in total. The number of hydrogen-bond donors (Lipinski definition) is 1. The molecule has 0 bridgehead atoms. The summed E-state index contributed by atoms with van der Waals surface area (Å²) in [6.07, 6.45) is 4.39. The van der Waals surface area contributed by atoms with E-state index in [-0.39, 0.29) is 11.0 Å². The normalized spacial score (nSPS) is 19.8. The van der Waals surface area contributed by atoms with Gasteiger partial charge in [-0.1, -0.05) is 27.2 Å². The van der Waals surface area contributed by atoms with Gasteiger partial charge < -0.3 is 10.1 Å². The number of piperidine rings is 1. The summed E-state index contributed by atoms with van der Waals surface area (Å²) in [6.45, 7) is 11.0. The lowest BCUT2D eigenvalue weighted by Crippen LogP contribution is -2.46. The molecule has 8 nitrogen and oxygen atoms in total. The van der Waals surface area contributed by atoms with Crippen molar-refractivity contribution in [2.45, 2.75) is 71.1 Å². The molecule has 0 amide bonds. The van der Waals surface area contributed by atoms with Crippen molar-refractivity contribution in [3.8, 4) is 0 Å². The fourth-order valence-corrected chi connectivity index (χ4v) is 4.27. The van der Waals surface area contributed by atoms with E-state index in [1.54, 1.807) is 10.7 Å². The Bertz CT molecular complexity index is 952. The van der Waals surface area contributed by atoms with Gasteiger partial charge in [-0.05, 0) is 31.5 Å². The van der Waals surface area contributed by atoms with Crippen LogP contribution in [0, 0.1) is 0 Å². The fraction of sp³-hybridized carbons (Fsp3) is 0.652. The highest BCUT2D eigenvalue weighted by Crippen LogP contribution is 2.20. The van der Waals surface area contributed by atoms with Crippen molar-refractivity contribution in [3.63, 3.8) is 0 Å². The Hall–Kier alpha value is -2.32. The van der Waals surface area contributed by atoms with Crippen LogP contribution in [0.25, 0.3) is 0 Å². The Kier molecular flexibility index (Phi) is 6.67. The van der Waals surface area contributed by atoms with Gasteiger partial charge >= 0.3 is 0 Å². The number of hydrogen-bond acceptors (Lipinski definition) is 7. The molecular formula is C23H34N6O2. The summed E-state index contributed by atoms with van der Waals surface area (Å²) in [7, 11) is 0. The van der Waals surface area contributed by atoms with E-state index in [0.29, 0.717) is 19.2 Å². The minimum absolute atomic E-state index is 0.0359. The van der Waals surface area contributed by atoms with Crippen LogP contribution in [0.5, 0.6) is 0 Å². The predicted molar refractivity (Wildman–Crippen MR) is 120 cm³/mol. The van der Waals surface area contributed by atoms with E-state index in [9.17, 15) is 4.79 Å². The molecule has 0 aromatic carbocycles. The lowest BCUT2D eigenvalue weighted by Gasteiger charge is -2.36. The second-order valence-electron chi connectivity index (χ2n) is 9.60. The molecule has 4 heterocycles. The third-order valence-corrected chi connectivity index (χ3v) is 6.20. The first kappa shape index (κ1) is 21.9. The lowest BCUT2D eigenvalue weighted by molar-refractivity contribution is 0.109. The van der Waals surface area contributed by atoms with Crippen LogP contribution in [-0.4, -0.2) is 57.2 Å². The summed E-state index contributed by atoms with van der Waals surface area (Å²) in [5.41, 5.74) is 3.01. The van der Waals surface area contributed by atoms with Crippen LogP contribution < -0.4 is 10.9 Å². The van der Waals surface area contributed by atoms with Crippen molar-refractivity contribution in [2.75, 3.05) is 31.6 Å². The molecule has 168 valence electrons. The molecule has 31 heavy (non-hydrogen) atoms. The van der Waals surface area contributed by atoms with E-state index >= 15 is 0 Å². The van der Waals surface area contributed by atoms with Crippen LogP contribution in [-0.2, 0) is 29.7 Å². The molecule has 0 spiro atoms. The number of ether oxygens (including phenoxy) is 1. The van der Waals surface area contributed by atoms with Gasteiger partial charge in [0.1, 0.15) is 5.82 Å². The van der Waals surface area contributed by atoms with Crippen molar-refractivity contribution in [1.82, 2.24) is 24.9 Å². The van der Waals surface area contributed by atoms with Crippen molar-refractivity contribution < 1.29 is 4.74 Å². The van der Waals surface area contributed by atoms with E-state index < -0.39 is 0 Å². The van der Waals surface area contributed by atoms with E-state index in [0.717, 1.165) is 61.9 Å². The molecule has 2 aromatic rings. The Morgan fingerprint density at radius 1 is 1.19 bits per heavy atom. The largest absolute Gasteiger partial charge is 0.376 e. The average Bonchev–Trinajstić information content (AvgIpc) is 2.76. The van der Waals surface area contributed by atoms with Crippen LogP contribution in [0.3, 0.4) is 0 Å². The minimum atomic E-state index is -0.0754. The quantitative estimate of drug-likeness (QED) is 0.759. The van der Waals surface area contributed by atoms with Crippen molar-refractivity contribution in [1.29, 1.82) is 0 Å². The number of rotatable bonds is 6. The summed E-state index contributed by atoms with van der Waals surface area (Å²) in [4.78, 5) is 14.8. The lowest BCUT2D eigenvalue weighted by atomic mass is 9.92. The number of nitrogens with one attached hydrogen (secondary N) is 1. The molecule has 1 atom stereocenters. The molecule has 2 aliphatic heterocycles. The van der Waals surface area contributed by atoms with Crippen molar-refractivity contribution in [2.24, 2.45) is 0 Å². The Labute approximate surface area is 184 Å². The summed E-state index contributed by atoms with van der Waals surface area (Å²) < 4.78 is 7.16. The van der Waals surface area contributed by atoms with Crippen molar-refractivity contribution in [3.05, 3.63) is 45.5 Å². The zero-order valence-corrected chi connectivity index (χ0v) is 18.9. The Morgan fingerprint density at radius 2 is 2.06 bits per heavy atom. The molecule has 0 saturated carbocycles. The summed E-state index contributed by atoms with van der Waals surface area (Å²) in [5, 5.41) is 16.8. The van der Waals surface area contributed by atoms with Gasteiger partial charge in [-0.2, -0.15) is 10.2 Å². The standard InChI is InChI=1S/C23H34N6O2/c1-23(2,3)20-7-8-22(30)29(27-20)12-11-28-10-5-4-6-18(28)15-24-21-14-17-16-31-13-9-19(17)25-26-21/h7-8,14,18H,4-6,9-13,15-16H2,1-3H3,(H,24,26). The highest BCUT2D eigenvalue weighted by molar-refractivity contribution is 5.38. The van der Waals surface area contributed by atoms with E-state index in [1.165, 1.54) is 12.8 Å². The van der Waals surface area contributed by atoms with Crippen molar-refractivity contribution >= 4 is 5.82 Å². The van der Waals surface area contributed by atoms with Gasteiger partial charge in [-0.3, -0.25) is 9.69 Å². The monoisotopic (exact) mass is 426 g/mol. The van der Waals surface area contributed by atoms with Gasteiger partial charge in [0.15, 0.2) is 0 Å². The molecule has 4 rings (SSSR count). The first-order chi connectivity index (χ1) is 14.9. The molecule has 1 saturated heterocycles. The second kappa shape index (κ2) is 9.44. The Morgan fingerprint density at radius 3 is 2.90 bits per heavy atom. The topological polar surface area (TPSA) is 85.2 Å². The van der Waals surface area contributed by atoms with E-state index in [1.807, 2.05) is 6.07 Å². The molecule has 1 unspecified atom stereocenters. The maximum atomic E-state index is 12.3. The summed E-state index contributed by atoms with van der Waals surface area (Å²) >= 11 is 0. The number of nitrogens with zero attached hydrogens (tertiary/aromatic N) is 5. The third-order valence-electron chi connectivity index (χ3n) is 6.20. The highest BCUT2D eigenvalue weighted by atomic mass is 16.5. The Balaban J connectivity index is 1.37. The van der Waals surface area contributed by atoms with Crippen LogP contribution in [0.15, 0.2) is 23.0 Å². The van der Waals surface area contributed by atoms with Gasteiger partial charge in [0.05, 0.1) is 31.1 Å². The minimum Gasteiger partial charge on any atom is -0.376 e. The predicted octanol–water partition coefficient (Wildman–Crippen LogP) is 2.37. The van der Waals surface area contributed by atoms with Crippen LogP contribution in [0.2, 0.25) is 0 Å². The molecule has 2 aliphatic rings.